The van der Waals surface area contributed by atoms with E-state index in [1.807, 2.05) is 19.1 Å². The van der Waals surface area contributed by atoms with Crippen molar-refractivity contribution in [1.29, 1.82) is 0 Å². The molecule has 0 saturated heterocycles. The zero-order valence-electron chi connectivity index (χ0n) is 13.2. The Balaban J connectivity index is 1.65. The average Bonchev–Trinajstić information content (AvgIpc) is 2.54. The summed E-state index contributed by atoms with van der Waals surface area (Å²) in [6.07, 6.45) is 8.05. The molecule has 0 aromatic heterocycles. The number of amides is 2. The molecule has 22 heavy (non-hydrogen) atoms. The normalized spacial score (nSPS) is 14.1. The Labute approximate surface area is 132 Å². The number of carbonyl (C=O) groups is 2. The molecule has 118 valence electrons. The molecule has 4 nitrogen and oxygen atoms in total. The predicted molar refractivity (Wildman–Crippen MR) is 87.7 cm³/mol. The fourth-order valence-corrected chi connectivity index (χ4v) is 2.52. The highest BCUT2D eigenvalue weighted by Crippen LogP contribution is 2.19. The maximum Gasteiger partial charge on any atom is 0.251 e. The molecule has 0 bridgehead atoms. The molecule has 0 spiro atoms. The van der Waals surface area contributed by atoms with Crippen LogP contribution in [0, 0.1) is 6.92 Å². The van der Waals surface area contributed by atoms with Crippen LogP contribution >= 0.6 is 0 Å². The van der Waals surface area contributed by atoms with E-state index in [0.717, 1.165) is 24.8 Å². The molecule has 1 aromatic rings. The molecule has 0 aliphatic heterocycles. The third-order valence-corrected chi connectivity index (χ3v) is 3.88. The van der Waals surface area contributed by atoms with Crippen molar-refractivity contribution in [3.63, 3.8) is 0 Å². The van der Waals surface area contributed by atoms with Gasteiger partial charge in [0.1, 0.15) is 0 Å². The van der Waals surface area contributed by atoms with Crippen LogP contribution in [-0.2, 0) is 4.79 Å². The summed E-state index contributed by atoms with van der Waals surface area (Å²) in [6, 6.07) is 7.29. The lowest BCUT2D eigenvalue weighted by molar-refractivity contribution is -0.120. The van der Waals surface area contributed by atoms with Crippen molar-refractivity contribution in [3.8, 4) is 0 Å². The maximum atomic E-state index is 11.9. The zero-order valence-corrected chi connectivity index (χ0v) is 13.2. The lowest BCUT2D eigenvalue weighted by atomic mass is 9.97. The van der Waals surface area contributed by atoms with Crippen LogP contribution in [0.1, 0.15) is 48.0 Å². The number of benzene rings is 1. The Morgan fingerprint density at radius 1 is 1.09 bits per heavy atom. The first-order chi connectivity index (χ1) is 10.6. The number of carbonyl (C=O) groups excluding carboxylic acids is 2. The van der Waals surface area contributed by atoms with E-state index in [9.17, 15) is 9.59 Å². The van der Waals surface area contributed by atoms with Gasteiger partial charge in [-0.15, -0.1) is 0 Å². The fourth-order valence-electron chi connectivity index (χ4n) is 2.52. The summed E-state index contributed by atoms with van der Waals surface area (Å²) < 4.78 is 0. The summed E-state index contributed by atoms with van der Waals surface area (Å²) in [7, 11) is 0. The molecule has 0 saturated carbocycles. The average molecular weight is 300 g/mol. The second-order valence-corrected chi connectivity index (χ2v) is 5.76. The highest BCUT2D eigenvalue weighted by atomic mass is 16.2. The van der Waals surface area contributed by atoms with Crippen LogP contribution in [0.25, 0.3) is 0 Å². The summed E-state index contributed by atoms with van der Waals surface area (Å²) in [5.41, 5.74) is 3.12. The van der Waals surface area contributed by atoms with Gasteiger partial charge in [-0.1, -0.05) is 29.3 Å². The summed E-state index contributed by atoms with van der Waals surface area (Å²) >= 11 is 0. The van der Waals surface area contributed by atoms with Crippen LogP contribution < -0.4 is 10.6 Å². The second-order valence-electron chi connectivity index (χ2n) is 5.76. The van der Waals surface area contributed by atoms with Gasteiger partial charge in [-0.25, -0.2) is 0 Å². The van der Waals surface area contributed by atoms with E-state index >= 15 is 0 Å². The third kappa shape index (κ3) is 5.35. The quantitative estimate of drug-likeness (QED) is 0.794. The minimum atomic E-state index is -0.217. The number of allylic oxidation sites excluding steroid dienone is 1. The summed E-state index contributed by atoms with van der Waals surface area (Å²) in [4.78, 5) is 23.6. The van der Waals surface area contributed by atoms with E-state index in [-0.39, 0.29) is 18.4 Å². The van der Waals surface area contributed by atoms with Crippen LogP contribution in [0.5, 0.6) is 0 Å². The minimum absolute atomic E-state index is 0.0196. The summed E-state index contributed by atoms with van der Waals surface area (Å²) in [5, 5.41) is 5.49. The Morgan fingerprint density at radius 2 is 1.86 bits per heavy atom. The van der Waals surface area contributed by atoms with Gasteiger partial charge in [0.25, 0.3) is 5.91 Å². The molecule has 1 aliphatic carbocycles. The van der Waals surface area contributed by atoms with Gasteiger partial charge >= 0.3 is 0 Å². The van der Waals surface area contributed by atoms with Gasteiger partial charge in [0.05, 0.1) is 6.54 Å². The topological polar surface area (TPSA) is 58.2 Å². The SMILES string of the molecule is Cc1ccc(C(=O)NCC(=O)NCCC2=CCCCC2)cc1. The van der Waals surface area contributed by atoms with E-state index in [0.29, 0.717) is 12.1 Å². The van der Waals surface area contributed by atoms with Gasteiger partial charge in [-0.05, 0) is 51.2 Å². The molecule has 0 unspecified atom stereocenters. The van der Waals surface area contributed by atoms with Crippen LogP contribution in [-0.4, -0.2) is 24.9 Å². The summed E-state index contributed by atoms with van der Waals surface area (Å²) in [5.74, 6) is -0.359. The van der Waals surface area contributed by atoms with Crippen LogP contribution in [0.15, 0.2) is 35.9 Å². The van der Waals surface area contributed by atoms with E-state index in [1.165, 1.54) is 18.4 Å². The smallest absolute Gasteiger partial charge is 0.251 e. The number of rotatable bonds is 6. The highest BCUT2D eigenvalue weighted by molar-refractivity contribution is 5.96. The Hall–Kier alpha value is -2.10. The highest BCUT2D eigenvalue weighted by Gasteiger charge is 2.08. The van der Waals surface area contributed by atoms with Crippen molar-refractivity contribution >= 4 is 11.8 Å². The standard InChI is InChI=1S/C18H24N2O2/c1-14-7-9-16(10-8-14)18(22)20-13-17(21)19-12-11-15-5-3-2-4-6-15/h5,7-10H,2-4,6,11-13H2,1H3,(H,19,21)(H,20,22). The van der Waals surface area contributed by atoms with Gasteiger partial charge in [0, 0.05) is 12.1 Å². The molecule has 1 aromatic carbocycles. The molecule has 0 fully saturated rings. The van der Waals surface area contributed by atoms with Crippen molar-refractivity contribution in [2.45, 2.75) is 39.0 Å². The lowest BCUT2D eigenvalue weighted by Gasteiger charge is -2.13. The van der Waals surface area contributed by atoms with E-state index in [1.54, 1.807) is 12.1 Å². The molecule has 2 rings (SSSR count). The number of hydrogen-bond acceptors (Lipinski definition) is 2. The van der Waals surface area contributed by atoms with Gasteiger partial charge in [-0.2, -0.15) is 0 Å². The number of hydrogen-bond donors (Lipinski definition) is 2. The lowest BCUT2D eigenvalue weighted by Crippen LogP contribution is -2.37. The van der Waals surface area contributed by atoms with E-state index in [2.05, 4.69) is 16.7 Å². The minimum Gasteiger partial charge on any atom is -0.354 e. The van der Waals surface area contributed by atoms with Crippen LogP contribution in [0.4, 0.5) is 0 Å². The Kier molecular flexibility index (Phi) is 6.19. The third-order valence-electron chi connectivity index (χ3n) is 3.88. The molecule has 0 heterocycles. The molecule has 0 atom stereocenters. The molecule has 0 radical (unpaired) electrons. The second kappa shape index (κ2) is 8.37. The fraction of sp³-hybridized carbons (Fsp3) is 0.444. The van der Waals surface area contributed by atoms with Gasteiger partial charge in [-0.3, -0.25) is 9.59 Å². The number of aryl methyl sites for hydroxylation is 1. The molecule has 2 N–H and O–H groups in total. The van der Waals surface area contributed by atoms with Gasteiger partial charge < -0.3 is 10.6 Å². The van der Waals surface area contributed by atoms with Crippen LogP contribution in [0.2, 0.25) is 0 Å². The Morgan fingerprint density at radius 3 is 2.55 bits per heavy atom. The first-order valence-electron chi connectivity index (χ1n) is 7.94. The van der Waals surface area contributed by atoms with Crippen molar-refractivity contribution in [3.05, 3.63) is 47.0 Å². The Bertz CT molecular complexity index is 547. The first kappa shape index (κ1) is 16.3. The maximum absolute atomic E-state index is 11.9. The van der Waals surface area contributed by atoms with Crippen molar-refractivity contribution in [2.24, 2.45) is 0 Å². The molecule has 1 aliphatic rings. The van der Waals surface area contributed by atoms with Crippen molar-refractivity contribution < 1.29 is 9.59 Å². The monoisotopic (exact) mass is 300 g/mol. The first-order valence-corrected chi connectivity index (χ1v) is 7.94. The van der Waals surface area contributed by atoms with Crippen molar-refractivity contribution in [1.82, 2.24) is 10.6 Å². The predicted octanol–water partition coefficient (Wildman–Crippen LogP) is 2.73. The van der Waals surface area contributed by atoms with Crippen molar-refractivity contribution in [2.75, 3.05) is 13.1 Å². The van der Waals surface area contributed by atoms with Gasteiger partial charge in [0.2, 0.25) is 5.91 Å². The summed E-state index contributed by atoms with van der Waals surface area (Å²) in [6.45, 7) is 2.63. The molecular weight excluding hydrogens is 276 g/mol. The zero-order chi connectivity index (χ0) is 15.8. The van der Waals surface area contributed by atoms with Crippen LogP contribution in [0.3, 0.4) is 0 Å². The number of nitrogens with one attached hydrogen (secondary N) is 2. The van der Waals surface area contributed by atoms with Gasteiger partial charge in [0.15, 0.2) is 0 Å². The van der Waals surface area contributed by atoms with E-state index < -0.39 is 0 Å². The van der Waals surface area contributed by atoms with E-state index in [4.69, 9.17) is 0 Å². The molecular formula is C18H24N2O2. The molecule has 2 amide bonds. The largest absolute Gasteiger partial charge is 0.354 e. The molecule has 4 heteroatoms.